The van der Waals surface area contributed by atoms with Crippen molar-refractivity contribution in [2.75, 3.05) is 0 Å². The molecule has 2 aromatic carbocycles. The molecule has 2 heterocycles. The molecule has 0 amide bonds. The van der Waals surface area contributed by atoms with Crippen molar-refractivity contribution in [3.05, 3.63) is 86.0 Å². The molecule has 29 heavy (non-hydrogen) atoms. The molecule has 0 spiro atoms. The number of hydrogen-bond donors (Lipinski definition) is 0. The molecule has 146 valence electrons. The van der Waals surface area contributed by atoms with Gasteiger partial charge in [0.15, 0.2) is 5.76 Å². The Labute approximate surface area is 175 Å². The van der Waals surface area contributed by atoms with Gasteiger partial charge in [0.25, 0.3) is 0 Å². The second kappa shape index (κ2) is 7.81. The average molecular weight is 429 g/mol. The van der Waals surface area contributed by atoms with Crippen molar-refractivity contribution in [1.82, 2.24) is 0 Å². The Morgan fingerprint density at radius 2 is 2.10 bits per heavy atom. The Bertz CT molecular complexity index is 1130. The molecule has 0 bridgehead atoms. The zero-order chi connectivity index (χ0) is 20.5. The van der Waals surface area contributed by atoms with Crippen molar-refractivity contribution < 1.29 is 23.5 Å². The monoisotopic (exact) mass is 428 g/mol. The number of carbonyl (C=O) groups excluding carboxylic acids is 2. The number of fused-ring (bicyclic) bond motifs is 1. The van der Waals surface area contributed by atoms with Crippen LogP contribution < -0.4 is 9.47 Å². The van der Waals surface area contributed by atoms with Crippen LogP contribution in [-0.4, -0.2) is 11.8 Å². The Hall–Kier alpha value is -2.96. The van der Waals surface area contributed by atoms with Gasteiger partial charge in [-0.1, -0.05) is 23.7 Å². The molecule has 4 nitrogen and oxygen atoms in total. The van der Waals surface area contributed by atoms with Gasteiger partial charge >= 0.3 is 5.97 Å². The molecule has 0 radical (unpaired) electrons. The van der Waals surface area contributed by atoms with E-state index in [0.29, 0.717) is 11.1 Å². The van der Waals surface area contributed by atoms with Crippen LogP contribution in [-0.2, 0) is 11.2 Å². The first-order chi connectivity index (χ1) is 13.9. The number of ether oxygens (including phenoxy) is 2. The summed E-state index contributed by atoms with van der Waals surface area (Å²) in [5.41, 5.74) is 1.02. The van der Waals surface area contributed by atoms with Gasteiger partial charge in [-0.25, -0.2) is 4.39 Å². The highest BCUT2D eigenvalue weighted by Crippen LogP contribution is 2.38. The van der Waals surface area contributed by atoms with E-state index in [9.17, 15) is 14.0 Å². The minimum Gasteiger partial charge on any atom is -0.452 e. The molecule has 4 rings (SSSR count). The number of Topliss-reactive ketones (excluding diaryl/α,β-unsaturated/α-hetero) is 1. The molecule has 0 saturated carbocycles. The molecule has 3 aromatic rings. The van der Waals surface area contributed by atoms with Gasteiger partial charge in [-0.2, -0.15) is 0 Å². The highest BCUT2D eigenvalue weighted by atomic mass is 35.5. The summed E-state index contributed by atoms with van der Waals surface area (Å²) in [5.74, 6) is -0.860. The van der Waals surface area contributed by atoms with Gasteiger partial charge in [0.1, 0.15) is 17.3 Å². The van der Waals surface area contributed by atoms with Crippen LogP contribution in [0, 0.1) is 12.7 Å². The first-order valence-corrected chi connectivity index (χ1v) is 9.94. The largest absolute Gasteiger partial charge is 0.452 e. The van der Waals surface area contributed by atoms with Crippen LogP contribution in [0.25, 0.3) is 6.08 Å². The van der Waals surface area contributed by atoms with E-state index in [1.807, 2.05) is 17.5 Å². The number of aryl methyl sites for hydroxylation is 1. The third kappa shape index (κ3) is 3.95. The van der Waals surface area contributed by atoms with E-state index < -0.39 is 11.8 Å². The third-order valence-electron chi connectivity index (χ3n) is 4.35. The number of esters is 1. The maximum atomic E-state index is 14.0. The van der Waals surface area contributed by atoms with Gasteiger partial charge in [0.2, 0.25) is 5.78 Å². The number of halogens is 2. The number of benzene rings is 2. The molecule has 1 aliphatic rings. The highest BCUT2D eigenvalue weighted by molar-refractivity contribution is 7.10. The molecule has 0 unspecified atom stereocenters. The van der Waals surface area contributed by atoms with Crippen LogP contribution in [0.2, 0.25) is 5.02 Å². The highest BCUT2D eigenvalue weighted by Gasteiger charge is 2.30. The summed E-state index contributed by atoms with van der Waals surface area (Å²) in [6.45, 7) is 1.72. The molecule has 0 saturated heterocycles. The number of carbonyl (C=O) groups is 2. The molecular weight excluding hydrogens is 415 g/mol. The lowest BCUT2D eigenvalue weighted by Crippen LogP contribution is -2.10. The zero-order valence-electron chi connectivity index (χ0n) is 15.2. The van der Waals surface area contributed by atoms with Gasteiger partial charge in [-0.3, -0.25) is 9.59 Å². The minimum atomic E-state index is -0.558. The summed E-state index contributed by atoms with van der Waals surface area (Å²) in [5, 5.41) is 2.06. The molecule has 0 fully saturated rings. The molecule has 1 aliphatic heterocycles. The van der Waals surface area contributed by atoms with Crippen molar-refractivity contribution in [2.45, 2.75) is 13.3 Å². The molecule has 7 heteroatoms. The fraction of sp³-hybridized carbons (Fsp3) is 0.0909. The van der Waals surface area contributed by atoms with Crippen LogP contribution in [0.3, 0.4) is 0 Å². The zero-order valence-corrected chi connectivity index (χ0v) is 16.8. The van der Waals surface area contributed by atoms with E-state index >= 15 is 0 Å². The van der Waals surface area contributed by atoms with Gasteiger partial charge in [-0.15, -0.1) is 11.3 Å². The first-order valence-electron chi connectivity index (χ1n) is 8.68. The third-order valence-corrected chi connectivity index (χ3v) is 5.56. The van der Waals surface area contributed by atoms with Crippen molar-refractivity contribution in [3.8, 4) is 11.5 Å². The number of allylic oxidation sites excluding steroid dienone is 1. The second-order valence-corrected chi connectivity index (χ2v) is 7.86. The summed E-state index contributed by atoms with van der Waals surface area (Å²) in [6, 6.07) is 11.1. The molecule has 0 atom stereocenters. The number of ketones is 1. The predicted molar refractivity (Wildman–Crippen MR) is 109 cm³/mol. The average Bonchev–Trinajstić information content (AvgIpc) is 3.26. The van der Waals surface area contributed by atoms with Crippen molar-refractivity contribution in [1.29, 1.82) is 0 Å². The Morgan fingerprint density at radius 1 is 1.28 bits per heavy atom. The fourth-order valence-electron chi connectivity index (χ4n) is 3.04. The van der Waals surface area contributed by atoms with Crippen LogP contribution in [0.15, 0.2) is 53.6 Å². The summed E-state index contributed by atoms with van der Waals surface area (Å²) in [4.78, 5) is 25.8. The maximum Gasteiger partial charge on any atom is 0.316 e. The summed E-state index contributed by atoms with van der Waals surface area (Å²) in [7, 11) is 0. The topological polar surface area (TPSA) is 52.6 Å². The lowest BCUT2D eigenvalue weighted by molar-refractivity contribution is -0.133. The lowest BCUT2D eigenvalue weighted by atomic mass is 10.0. The number of hydrogen-bond acceptors (Lipinski definition) is 5. The summed E-state index contributed by atoms with van der Waals surface area (Å²) in [6.07, 6.45) is 1.44. The van der Waals surface area contributed by atoms with E-state index in [4.69, 9.17) is 21.1 Å². The van der Waals surface area contributed by atoms with Crippen LogP contribution >= 0.6 is 22.9 Å². The SMILES string of the molecule is Cc1cc(OC(=O)Cc2cccs2)cc2c1C(=O)/C(=C/c1c(F)cccc1Cl)O2. The van der Waals surface area contributed by atoms with Crippen molar-refractivity contribution in [2.24, 2.45) is 0 Å². The minimum absolute atomic E-state index is 0.0443. The number of rotatable bonds is 4. The van der Waals surface area contributed by atoms with Crippen molar-refractivity contribution >= 4 is 40.8 Å². The molecular formula is C22H14ClFO4S. The van der Waals surface area contributed by atoms with Gasteiger partial charge in [-0.05, 0) is 48.2 Å². The number of thiophene rings is 1. The predicted octanol–water partition coefficient (Wildman–Crippen LogP) is 5.61. The van der Waals surface area contributed by atoms with E-state index in [-0.39, 0.29) is 40.0 Å². The Kier molecular flexibility index (Phi) is 5.22. The lowest BCUT2D eigenvalue weighted by Gasteiger charge is -2.07. The van der Waals surface area contributed by atoms with E-state index in [2.05, 4.69) is 0 Å². The molecule has 0 aliphatic carbocycles. The normalized spacial score (nSPS) is 14.0. The van der Waals surface area contributed by atoms with Crippen LogP contribution in [0.5, 0.6) is 11.5 Å². The van der Waals surface area contributed by atoms with E-state index in [1.165, 1.54) is 41.7 Å². The molecule has 1 aromatic heterocycles. The quantitative estimate of drug-likeness (QED) is 0.308. The van der Waals surface area contributed by atoms with Crippen LogP contribution in [0.1, 0.15) is 26.4 Å². The fourth-order valence-corrected chi connectivity index (χ4v) is 3.95. The van der Waals surface area contributed by atoms with Gasteiger partial charge in [0, 0.05) is 16.5 Å². The summed E-state index contributed by atoms with van der Waals surface area (Å²) < 4.78 is 25.1. The van der Waals surface area contributed by atoms with Gasteiger partial charge in [0.05, 0.1) is 17.0 Å². The van der Waals surface area contributed by atoms with Crippen molar-refractivity contribution in [3.63, 3.8) is 0 Å². The summed E-state index contributed by atoms with van der Waals surface area (Å²) >= 11 is 7.50. The van der Waals surface area contributed by atoms with Gasteiger partial charge < -0.3 is 9.47 Å². The van der Waals surface area contributed by atoms with E-state index in [0.717, 1.165) is 4.88 Å². The Morgan fingerprint density at radius 3 is 2.83 bits per heavy atom. The van der Waals surface area contributed by atoms with E-state index in [1.54, 1.807) is 13.0 Å². The second-order valence-electron chi connectivity index (χ2n) is 6.42. The first kappa shape index (κ1) is 19.4. The standard InChI is InChI=1S/C22H14ClFO4S/c1-12-8-13(27-20(25)10-14-4-3-7-29-14)9-18-21(12)22(26)19(28-18)11-15-16(23)5-2-6-17(15)24/h2-9,11H,10H2,1H3/b19-11-. The maximum absolute atomic E-state index is 14.0. The van der Waals surface area contributed by atoms with Crippen LogP contribution in [0.4, 0.5) is 4.39 Å². The smallest absolute Gasteiger partial charge is 0.316 e. The Balaban J connectivity index is 1.60. The molecule has 0 N–H and O–H groups in total.